The molecule has 8 aromatic heterocycles. The molecule has 0 bridgehead atoms. The van der Waals surface area contributed by atoms with Crippen LogP contribution in [0.15, 0.2) is 180 Å². The zero-order chi connectivity index (χ0) is 57.4. The Hall–Kier alpha value is -5.48. The van der Waals surface area contributed by atoms with Crippen LogP contribution >= 0.6 is 68.0 Å². The standard InChI is InChI=1S/C13H16S2.C12H8F3N.C11H6F3N.C9H8S2.C8H6S2.5C2H6/c1-2-3-4-6-11-8-9-13(15-11)12-7-5-10-14-12;13-12(14,15)11-5-3-9(4-6-11)10-2-1-7-16-8-10;12-9-4-8(5-10(13)11(9)14)7-2-1-3-15-6-7;1-7-4-5-9(11-7)8-3-2-6-10-8;1-3-7(9-5-1)8-4-2-6-10-8;5*1-2/h5,7-10H,2-4,6H2,1H3;1-8H;1-6H;2-6H,1H3;1-6H;5*1-2H3. The molecule has 0 spiro atoms. The number of halogens is 6. The molecule has 0 saturated heterocycles. The molecule has 0 amide bonds. The molecule has 414 valence electrons. The van der Waals surface area contributed by atoms with Crippen molar-refractivity contribution in [2.24, 2.45) is 0 Å². The van der Waals surface area contributed by atoms with E-state index in [1.807, 2.05) is 103 Å². The summed E-state index contributed by atoms with van der Waals surface area (Å²) in [5, 5.41) is 8.47. The minimum atomic E-state index is -4.28. The summed E-state index contributed by atoms with van der Waals surface area (Å²) >= 11 is 11.0. The Morgan fingerprint density at radius 1 is 0.429 bits per heavy atom. The second-order valence-corrected chi connectivity index (χ2v) is 20.6. The average Bonchev–Trinajstić information content (AvgIpc) is 4.34. The van der Waals surface area contributed by atoms with Crippen LogP contribution in [-0.2, 0) is 12.6 Å². The summed E-state index contributed by atoms with van der Waals surface area (Å²) in [6.07, 6.45) is 7.19. The van der Waals surface area contributed by atoms with Crippen LogP contribution in [0.3, 0.4) is 0 Å². The Kier molecular flexibility index (Phi) is 37.6. The maximum absolute atomic E-state index is 12.9. The van der Waals surface area contributed by atoms with Crippen molar-refractivity contribution in [1.82, 2.24) is 9.97 Å². The topological polar surface area (TPSA) is 25.8 Å². The Morgan fingerprint density at radius 3 is 1.21 bits per heavy atom. The molecule has 2 nitrogen and oxygen atoms in total. The molecule has 10 aromatic rings. The zero-order valence-electron chi connectivity index (χ0n) is 46.3. The lowest BCUT2D eigenvalue weighted by molar-refractivity contribution is -0.137. The number of alkyl halides is 3. The van der Waals surface area contributed by atoms with Crippen LogP contribution in [0.5, 0.6) is 0 Å². The predicted molar refractivity (Wildman–Crippen MR) is 332 cm³/mol. The molecule has 0 saturated carbocycles. The highest BCUT2D eigenvalue weighted by molar-refractivity contribution is 7.22. The number of pyridine rings is 2. The van der Waals surface area contributed by atoms with Gasteiger partial charge in [0.05, 0.1) is 5.56 Å². The van der Waals surface area contributed by atoms with Crippen molar-refractivity contribution in [2.45, 2.75) is 115 Å². The first-order chi connectivity index (χ1) is 37.5. The van der Waals surface area contributed by atoms with E-state index in [1.165, 1.54) is 83.0 Å². The van der Waals surface area contributed by atoms with E-state index in [1.54, 1.807) is 76.9 Å². The van der Waals surface area contributed by atoms with Gasteiger partial charge in [-0.15, -0.1) is 68.0 Å². The largest absolute Gasteiger partial charge is 0.416 e. The van der Waals surface area contributed by atoms with Gasteiger partial charge >= 0.3 is 6.18 Å². The molecule has 0 fully saturated rings. The number of thiophene rings is 6. The van der Waals surface area contributed by atoms with E-state index in [0.717, 1.165) is 35.4 Å². The summed E-state index contributed by atoms with van der Waals surface area (Å²) in [7, 11) is 0. The average molecular weight is 1170 g/mol. The number of unbranched alkanes of at least 4 members (excludes halogenated alkanes) is 2. The fourth-order valence-corrected chi connectivity index (χ4v) is 11.2. The minimum absolute atomic E-state index is 0.263. The van der Waals surface area contributed by atoms with Gasteiger partial charge in [0.2, 0.25) is 0 Å². The third-order valence-corrected chi connectivity index (χ3v) is 15.6. The molecule has 14 heteroatoms. The van der Waals surface area contributed by atoms with Crippen molar-refractivity contribution in [1.29, 1.82) is 0 Å². The van der Waals surface area contributed by atoms with Gasteiger partial charge in [0.25, 0.3) is 0 Å². The molecule has 0 atom stereocenters. The maximum atomic E-state index is 12.9. The van der Waals surface area contributed by atoms with E-state index < -0.39 is 29.2 Å². The third kappa shape index (κ3) is 25.7. The number of aryl methyl sites for hydroxylation is 2. The van der Waals surface area contributed by atoms with Crippen LogP contribution in [0, 0.1) is 24.4 Å². The molecule has 0 unspecified atom stereocenters. The van der Waals surface area contributed by atoms with Crippen LogP contribution in [0.1, 0.15) is 111 Å². The summed E-state index contributed by atoms with van der Waals surface area (Å²) in [6.45, 7) is 24.4. The minimum Gasteiger partial charge on any atom is -0.264 e. The predicted octanol–water partition coefficient (Wildman–Crippen LogP) is 24.5. The van der Waals surface area contributed by atoms with Crippen LogP contribution in [0.2, 0.25) is 0 Å². The van der Waals surface area contributed by atoms with Crippen LogP contribution < -0.4 is 0 Å². The zero-order valence-corrected chi connectivity index (χ0v) is 51.2. The molecule has 2 aromatic carbocycles. The van der Waals surface area contributed by atoms with E-state index in [4.69, 9.17) is 0 Å². The van der Waals surface area contributed by atoms with E-state index >= 15 is 0 Å². The van der Waals surface area contributed by atoms with Gasteiger partial charge in [-0.25, -0.2) is 13.2 Å². The third-order valence-electron chi connectivity index (χ3n) is 9.43. The molecule has 77 heavy (non-hydrogen) atoms. The van der Waals surface area contributed by atoms with Gasteiger partial charge in [-0.2, -0.15) is 13.2 Å². The molecule has 0 aliphatic carbocycles. The lowest BCUT2D eigenvalue weighted by atomic mass is 10.1. The van der Waals surface area contributed by atoms with E-state index in [9.17, 15) is 26.3 Å². The highest BCUT2D eigenvalue weighted by Gasteiger charge is 2.30. The van der Waals surface area contributed by atoms with Gasteiger partial charge in [-0.05, 0) is 143 Å². The van der Waals surface area contributed by atoms with E-state index in [-0.39, 0.29) is 5.56 Å². The summed E-state index contributed by atoms with van der Waals surface area (Å²) < 4.78 is 75.4. The number of rotatable bonds is 9. The lowest BCUT2D eigenvalue weighted by Crippen LogP contribution is -2.03. The van der Waals surface area contributed by atoms with Crippen molar-refractivity contribution in [3.05, 3.63) is 213 Å². The molecule has 0 radical (unpaired) electrons. The highest BCUT2D eigenvalue weighted by Crippen LogP contribution is 2.34. The van der Waals surface area contributed by atoms with Crippen LogP contribution in [0.4, 0.5) is 26.3 Å². The molecular weight excluding hydrogens is 1090 g/mol. The molecular formula is C63H74F6N2S6. The quantitative estimate of drug-likeness (QED) is 0.0818. The number of hydrogen-bond donors (Lipinski definition) is 0. The summed E-state index contributed by atoms with van der Waals surface area (Å²) in [4.78, 5) is 19.0. The van der Waals surface area contributed by atoms with Gasteiger partial charge < -0.3 is 0 Å². The Balaban J connectivity index is 0.000000465. The second-order valence-electron chi connectivity index (χ2n) is 14.4. The molecule has 0 aliphatic heterocycles. The van der Waals surface area contributed by atoms with Gasteiger partial charge in [0.1, 0.15) is 0 Å². The summed E-state index contributed by atoms with van der Waals surface area (Å²) in [5.74, 6) is -3.86. The van der Waals surface area contributed by atoms with Crippen molar-refractivity contribution in [2.75, 3.05) is 0 Å². The number of nitrogens with zero attached hydrogens (tertiary/aromatic N) is 2. The van der Waals surface area contributed by atoms with Gasteiger partial charge in [-0.3, -0.25) is 9.97 Å². The Bertz CT molecular complexity index is 2820. The molecule has 0 N–H and O–H groups in total. The summed E-state index contributed by atoms with van der Waals surface area (Å²) in [6, 6.07) is 39.7. The Labute approximate surface area is 479 Å². The first-order valence-electron chi connectivity index (χ1n) is 25.9. The van der Waals surface area contributed by atoms with Crippen LogP contribution in [0.25, 0.3) is 51.5 Å². The van der Waals surface area contributed by atoms with Gasteiger partial charge in [0, 0.05) is 69.4 Å². The normalized spacial score (nSPS) is 9.64. The van der Waals surface area contributed by atoms with E-state index in [2.05, 4.69) is 118 Å². The second kappa shape index (κ2) is 41.6. The number of aromatic nitrogens is 2. The monoisotopic (exact) mass is 1160 g/mol. The van der Waals surface area contributed by atoms with Gasteiger partial charge in [0.15, 0.2) is 17.5 Å². The first-order valence-corrected chi connectivity index (χ1v) is 31.1. The van der Waals surface area contributed by atoms with Crippen molar-refractivity contribution in [3.8, 4) is 51.5 Å². The Morgan fingerprint density at radius 2 is 0.844 bits per heavy atom. The fraction of sp³-hybridized carbons (Fsp3) is 0.270. The van der Waals surface area contributed by atoms with E-state index in [0.29, 0.717) is 5.56 Å². The van der Waals surface area contributed by atoms with Crippen molar-refractivity contribution < 1.29 is 26.3 Å². The number of hydrogen-bond acceptors (Lipinski definition) is 8. The SMILES string of the molecule is CC.CC.CC.CC.CC.CCCCCc1ccc(-c2cccs2)s1.Cc1ccc(-c2cccs2)s1.FC(F)(F)c1ccc(-c2cccnc2)cc1.Fc1cc(-c2cccnc2)cc(F)c1F.c1csc(-c2cccs2)c1. The molecule has 8 heterocycles. The van der Waals surface area contributed by atoms with Crippen molar-refractivity contribution >= 4 is 68.0 Å². The number of benzene rings is 2. The lowest BCUT2D eigenvalue weighted by Gasteiger charge is -2.07. The van der Waals surface area contributed by atoms with Crippen molar-refractivity contribution in [3.63, 3.8) is 0 Å². The van der Waals surface area contributed by atoms with Gasteiger partial charge in [-0.1, -0.05) is 138 Å². The first kappa shape index (κ1) is 69.5. The highest BCUT2D eigenvalue weighted by atomic mass is 32.1. The van der Waals surface area contributed by atoms with Crippen LogP contribution in [-0.4, -0.2) is 9.97 Å². The summed E-state index contributed by atoms with van der Waals surface area (Å²) in [5.41, 5.74) is 1.69. The fourth-order valence-electron chi connectivity index (χ4n) is 6.08. The maximum Gasteiger partial charge on any atom is 0.416 e. The molecule has 10 rings (SSSR count). The molecule has 0 aliphatic rings. The smallest absolute Gasteiger partial charge is 0.264 e.